The third-order valence-electron chi connectivity index (χ3n) is 6.80. The van der Waals surface area contributed by atoms with Crippen LogP contribution in [-0.2, 0) is 4.79 Å². The van der Waals surface area contributed by atoms with Crippen molar-refractivity contribution in [3.05, 3.63) is 52.2 Å². The number of fused-ring (bicyclic) bond motifs is 1. The second kappa shape index (κ2) is 10.5. The van der Waals surface area contributed by atoms with E-state index in [4.69, 9.17) is 11.6 Å². The summed E-state index contributed by atoms with van der Waals surface area (Å²) in [4.78, 5) is 26.4. The van der Waals surface area contributed by atoms with E-state index in [1.165, 1.54) is 18.5 Å². The van der Waals surface area contributed by atoms with Crippen molar-refractivity contribution in [1.82, 2.24) is 20.2 Å². The van der Waals surface area contributed by atoms with E-state index in [0.29, 0.717) is 57.2 Å². The highest BCUT2D eigenvalue weighted by atomic mass is 35.5. The highest BCUT2D eigenvalue weighted by Crippen LogP contribution is 2.42. The Balaban J connectivity index is 1.47. The minimum absolute atomic E-state index is 0.00337. The number of aliphatic hydroxyl groups excluding tert-OH is 1. The average Bonchev–Trinajstić information content (AvgIpc) is 3.12. The highest BCUT2D eigenvalue weighted by molar-refractivity contribution is 6.30. The number of hydrogen-bond donors (Lipinski definition) is 2. The fourth-order valence-corrected chi connectivity index (χ4v) is 5.11. The molecule has 34 heavy (non-hydrogen) atoms. The molecule has 2 heterocycles. The summed E-state index contributed by atoms with van der Waals surface area (Å²) < 4.78 is 14.2. The normalized spacial score (nSPS) is 21.1. The van der Waals surface area contributed by atoms with Gasteiger partial charge in [-0.1, -0.05) is 38.4 Å². The van der Waals surface area contributed by atoms with Crippen molar-refractivity contribution < 1.29 is 14.3 Å². The standard InChI is InChI=1S/C25H33ClFN5O2/c1-15(2)28-7-6-18(17-4-5-19(26)20(27)13-17)25(34)32-10-8-31(9-11-32)24-22-16(3)12-21(33)23(22)29-14-30-24/h4-5,13-16,18,21,28,33H,6-12H2,1-3H3/t16-,18-,21+/m1/s1. The number of anilines is 1. The van der Waals surface area contributed by atoms with Gasteiger partial charge < -0.3 is 20.2 Å². The fraction of sp³-hybridized carbons (Fsp3) is 0.560. The number of aliphatic hydroxyl groups is 1. The fourth-order valence-electron chi connectivity index (χ4n) is 4.99. The topological polar surface area (TPSA) is 81.6 Å². The minimum atomic E-state index is -0.547. The number of carbonyl (C=O) groups is 1. The number of carbonyl (C=O) groups excluding carboxylic acids is 1. The number of benzene rings is 1. The van der Waals surface area contributed by atoms with Gasteiger partial charge in [-0.2, -0.15) is 0 Å². The maximum Gasteiger partial charge on any atom is 0.230 e. The van der Waals surface area contributed by atoms with Crippen LogP contribution >= 0.6 is 11.6 Å². The molecule has 1 amide bonds. The highest BCUT2D eigenvalue weighted by Gasteiger charge is 2.35. The van der Waals surface area contributed by atoms with Gasteiger partial charge in [-0.3, -0.25) is 4.79 Å². The molecule has 3 atom stereocenters. The van der Waals surface area contributed by atoms with Gasteiger partial charge in [0.05, 0.1) is 22.7 Å². The predicted molar refractivity (Wildman–Crippen MR) is 131 cm³/mol. The van der Waals surface area contributed by atoms with Gasteiger partial charge in [-0.15, -0.1) is 0 Å². The van der Waals surface area contributed by atoms with Crippen molar-refractivity contribution >= 4 is 23.3 Å². The first-order valence-electron chi connectivity index (χ1n) is 12.0. The molecule has 0 unspecified atom stereocenters. The molecule has 0 spiro atoms. The van der Waals surface area contributed by atoms with E-state index >= 15 is 0 Å². The summed E-state index contributed by atoms with van der Waals surface area (Å²) in [7, 11) is 0. The van der Waals surface area contributed by atoms with Gasteiger partial charge >= 0.3 is 0 Å². The van der Waals surface area contributed by atoms with Gasteiger partial charge in [-0.25, -0.2) is 14.4 Å². The third-order valence-corrected chi connectivity index (χ3v) is 7.11. The molecule has 2 N–H and O–H groups in total. The van der Waals surface area contributed by atoms with Crippen LogP contribution in [0, 0.1) is 5.82 Å². The Labute approximate surface area is 205 Å². The van der Waals surface area contributed by atoms with E-state index in [2.05, 4.69) is 41.0 Å². The van der Waals surface area contributed by atoms with E-state index in [1.54, 1.807) is 6.07 Å². The summed E-state index contributed by atoms with van der Waals surface area (Å²) in [6.07, 6.45) is 2.20. The first kappa shape index (κ1) is 24.8. The summed E-state index contributed by atoms with van der Waals surface area (Å²) in [6, 6.07) is 4.95. The molecule has 0 saturated carbocycles. The first-order valence-corrected chi connectivity index (χ1v) is 12.4. The van der Waals surface area contributed by atoms with Crippen molar-refractivity contribution in [2.75, 3.05) is 37.6 Å². The third kappa shape index (κ3) is 5.19. The van der Waals surface area contributed by atoms with Crippen LogP contribution < -0.4 is 10.2 Å². The average molecular weight is 490 g/mol. The summed E-state index contributed by atoms with van der Waals surface area (Å²) in [6.45, 7) is 9.25. The molecular weight excluding hydrogens is 457 g/mol. The molecule has 1 saturated heterocycles. The summed E-state index contributed by atoms with van der Waals surface area (Å²) >= 11 is 5.88. The molecule has 0 bridgehead atoms. The molecule has 1 aromatic carbocycles. The summed E-state index contributed by atoms with van der Waals surface area (Å²) in [5.74, 6) is 0.108. The maximum absolute atomic E-state index is 14.2. The lowest BCUT2D eigenvalue weighted by Gasteiger charge is -2.38. The molecule has 2 aliphatic rings. The molecule has 7 nitrogen and oxygen atoms in total. The molecule has 1 fully saturated rings. The SMILES string of the molecule is CC(C)NCC[C@@H](C(=O)N1CCN(c2ncnc3c2[C@H](C)C[C@@H]3O)CC1)c1ccc(Cl)c(F)c1. The predicted octanol–water partition coefficient (Wildman–Crippen LogP) is 3.63. The molecule has 4 rings (SSSR count). The summed E-state index contributed by atoms with van der Waals surface area (Å²) in [5, 5.41) is 13.7. The number of aromatic nitrogens is 2. The van der Waals surface area contributed by atoms with Gasteiger partial charge in [-0.05, 0) is 43.0 Å². The Bertz CT molecular complexity index is 1030. The largest absolute Gasteiger partial charge is 0.387 e. The minimum Gasteiger partial charge on any atom is -0.387 e. The lowest BCUT2D eigenvalue weighted by atomic mass is 9.93. The van der Waals surface area contributed by atoms with Crippen LogP contribution in [0.15, 0.2) is 24.5 Å². The van der Waals surface area contributed by atoms with Gasteiger partial charge in [0.15, 0.2) is 0 Å². The lowest BCUT2D eigenvalue weighted by Crippen LogP contribution is -2.50. The van der Waals surface area contributed by atoms with Crippen molar-refractivity contribution in [2.45, 2.75) is 57.6 Å². The number of hydrogen-bond acceptors (Lipinski definition) is 6. The van der Waals surface area contributed by atoms with E-state index in [1.807, 2.05) is 4.90 Å². The van der Waals surface area contributed by atoms with Crippen LogP contribution in [0.1, 0.15) is 68.4 Å². The van der Waals surface area contributed by atoms with E-state index in [-0.39, 0.29) is 16.8 Å². The Hall–Kier alpha value is -2.29. The zero-order valence-electron chi connectivity index (χ0n) is 20.0. The van der Waals surface area contributed by atoms with Crippen LogP contribution in [0.5, 0.6) is 0 Å². The number of nitrogens with one attached hydrogen (secondary N) is 1. The van der Waals surface area contributed by atoms with Crippen LogP contribution in [0.25, 0.3) is 0 Å². The Morgan fingerprint density at radius 1 is 1.26 bits per heavy atom. The Kier molecular flexibility index (Phi) is 7.70. The lowest BCUT2D eigenvalue weighted by molar-refractivity contribution is -0.133. The van der Waals surface area contributed by atoms with Gasteiger partial charge in [0.1, 0.15) is 18.0 Å². The number of halogens is 2. The van der Waals surface area contributed by atoms with Crippen molar-refractivity contribution in [3.8, 4) is 0 Å². The second-order valence-electron chi connectivity index (χ2n) is 9.58. The van der Waals surface area contributed by atoms with Crippen LogP contribution in [-0.4, -0.2) is 64.6 Å². The van der Waals surface area contributed by atoms with Crippen LogP contribution in [0.2, 0.25) is 5.02 Å². The van der Waals surface area contributed by atoms with E-state index in [9.17, 15) is 14.3 Å². The Morgan fingerprint density at radius 2 is 2.00 bits per heavy atom. The molecular formula is C25H33ClFN5O2. The number of rotatable bonds is 7. The van der Waals surface area contributed by atoms with Gasteiger partial charge in [0.2, 0.25) is 5.91 Å². The van der Waals surface area contributed by atoms with E-state index in [0.717, 1.165) is 17.1 Å². The van der Waals surface area contributed by atoms with Crippen LogP contribution in [0.3, 0.4) is 0 Å². The molecule has 0 radical (unpaired) electrons. The van der Waals surface area contributed by atoms with Crippen molar-refractivity contribution in [3.63, 3.8) is 0 Å². The van der Waals surface area contributed by atoms with Crippen molar-refractivity contribution in [1.29, 1.82) is 0 Å². The molecule has 9 heteroatoms. The second-order valence-corrected chi connectivity index (χ2v) is 9.99. The van der Waals surface area contributed by atoms with Gasteiger partial charge in [0.25, 0.3) is 0 Å². The number of nitrogens with zero attached hydrogens (tertiary/aromatic N) is 4. The quantitative estimate of drug-likeness (QED) is 0.618. The molecule has 1 aliphatic carbocycles. The zero-order valence-corrected chi connectivity index (χ0v) is 20.7. The monoisotopic (exact) mass is 489 g/mol. The van der Waals surface area contributed by atoms with Crippen LogP contribution in [0.4, 0.5) is 10.2 Å². The molecule has 1 aliphatic heterocycles. The van der Waals surface area contributed by atoms with Crippen molar-refractivity contribution in [2.24, 2.45) is 0 Å². The maximum atomic E-state index is 14.2. The number of piperazine rings is 1. The number of amides is 1. The zero-order chi connectivity index (χ0) is 24.4. The smallest absolute Gasteiger partial charge is 0.230 e. The Morgan fingerprint density at radius 3 is 2.68 bits per heavy atom. The molecule has 2 aromatic rings. The molecule has 1 aromatic heterocycles. The van der Waals surface area contributed by atoms with Gasteiger partial charge in [0, 0.05) is 37.8 Å². The van der Waals surface area contributed by atoms with E-state index < -0.39 is 17.8 Å². The summed E-state index contributed by atoms with van der Waals surface area (Å²) in [5.41, 5.74) is 2.39. The first-order chi connectivity index (χ1) is 16.3. The molecule has 184 valence electrons.